The second-order valence-corrected chi connectivity index (χ2v) is 5.78. The number of ether oxygens (including phenoxy) is 1. The Balaban J connectivity index is 1.99. The first-order valence-corrected chi connectivity index (χ1v) is 7.41. The molecule has 0 amide bonds. The summed E-state index contributed by atoms with van der Waals surface area (Å²) in [7, 11) is 0. The predicted molar refractivity (Wildman–Crippen MR) is 77.1 cm³/mol. The van der Waals surface area contributed by atoms with E-state index in [1.165, 1.54) is 24.0 Å². The van der Waals surface area contributed by atoms with Crippen molar-refractivity contribution in [3.63, 3.8) is 0 Å². The highest BCUT2D eigenvalue weighted by molar-refractivity contribution is 5.27. The van der Waals surface area contributed by atoms with Gasteiger partial charge in [-0.25, -0.2) is 0 Å². The third-order valence-corrected chi connectivity index (χ3v) is 4.17. The molecule has 3 atom stereocenters. The predicted octanol–water partition coefficient (Wildman–Crippen LogP) is 4.87. The molecule has 1 aliphatic rings. The average Bonchev–Trinajstić information content (AvgIpc) is 3.14. The van der Waals surface area contributed by atoms with Crippen molar-refractivity contribution in [3.8, 4) is 0 Å². The minimum Gasteiger partial charge on any atom is -0.370 e. The van der Waals surface area contributed by atoms with Crippen LogP contribution in [0.3, 0.4) is 0 Å². The van der Waals surface area contributed by atoms with Gasteiger partial charge in [0.05, 0.1) is 12.2 Å². The quantitative estimate of drug-likeness (QED) is 0.652. The molecule has 0 bridgehead atoms. The van der Waals surface area contributed by atoms with E-state index in [9.17, 15) is 0 Å². The van der Waals surface area contributed by atoms with Crippen LogP contribution in [0.1, 0.15) is 69.9 Å². The van der Waals surface area contributed by atoms with Gasteiger partial charge in [0.1, 0.15) is 0 Å². The van der Waals surface area contributed by atoms with Gasteiger partial charge in [0.15, 0.2) is 0 Å². The molecule has 0 spiro atoms. The van der Waals surface area contributed by atoms with Gasteiger partial charge in [0.25, 0.3) is 0 Å². The molecule has 1 aromatic rings. The van der Waals surface area contributed by atoms with E-state index in [2.05, 4.69) is 52.0 Å². The third kappa shape index (κ3) is 3.14. The molecule has 1 aromatic carbocycles. The molecule has 100 valence electrons. The second-order valence-electron chi connectivity index (χ2n) is 5.78. The van der Waals surface area contributed by atoms with E-state index >= 15 is 0 Å². The van der Waals surface area contributed by atoms with Gasteiger partial charge >= 0.3 is 0 Å². The van der Waals surface area contributed by atoms with E-state index in [4.69, 9.17) is 4.74 Å². The third-order valence-electron chi connectivity index (χ3n) is 4.17. The summed E-state index contributed by atoms with van der Waals surface area (Å²) in [5.41, 5.74) is 2.91. The zero-order valence-electron chi connectivity index (χ0n) is 12.1. The molecular formula is C17H26O. The van der Waals surface area contributed by atoms with Crippen molar-refractivity contribution in [1.82, 2.24) is 0 Å². The molecule has 2 rings (SSSR count). The summed E-state index contributed by atoms with van der Waals surface area (Å²) in [4.78, 5) is 0. The van der Waals surface area contributed by atoms with Gasteiger partial charge in [-0.1, -0.05) is 52.0 Å². The first-order chi connectivity index (χ1) is 8.65. The van der Waals surface area contributed by atoms with Crippen molar-refractivity contribution in [2.45, 2.75) is 71.0 Å². The molecule has 1 saturated heterocycles. The molecule has 1 heteroatoms. The first kappa shape index (κ1) is 13.6. The van der Waals surface area contributed by atoms with Crippen molar-refractivity contribution in [2.24, 2.45) is 0 Å². The van der Waals surface area contributed by atoms with Crippen LogP contribution in [0.15, 0.2) is 24.3 Å². The number of rotatable bonds is 6. The van der Waals surface area contributed by atoms with Crippen LogP contribution in [-0.2, 0) is 4.74 Å². The largest absolute Gasteiger partial charge is 0.370 e. The number of benzene rings is 1. The molecular weight excluding hydrogens is 220 g/mol. The van der Waals surface area contributed by atoms with Crippen molar-refractivity contribution in [3.05, 3.63) is 35.4 Å². The lowest BCUT2D eigenvalue weighted by molar-refractivity contribution is 0.349. The first-order valence-electron chi connectivity index (χ1n) is 7.41. The molecule has 0 radical (unpaired) electrons. The zero-order valence-corrected chi connectivity index (χ0v) is 12.1. The maximum atomic E-state index is 5.68. The Morgan fingerprint density at radius 1 is 1.00 bits per heavy atom. The van der Waals surface area contributed by atoms with Gasteiger partial charge in [-0.3, -0.25) is 0 Å². The summed E-state index contributed by atoms with van der Waals surface area (Å²) < 4.78 is 5.68. The SMILES string of the molecule is CCC(CC1OC1CC)c1ccc(C(C)C)cc1. The van der Waals surface area contributed by atoms with E-state index in [0.29, 0.717) is 24.0 Å². The maximum absolute atomic E-state index is 5.68. The molecule has 0 N–H and O–H groups in total. The van der Waals surface area contributed by atoms with Crippen LogP contribution in [0.4, 0.5) is 0 Å². The molecule has 0 saturated carbocycles. The Morgan fingerprint density at radius 2 is 1.61 bits per heavy atom. The summed E-state index contributed by atoms with van der Waals surface area (Å²) >= 11 is 0. The van der Waals surface area contributed by atoms with Gasteiger partial charge in [0.2, 0.25) is 0 Å². The van der Waals surface area contributed by atoms with Gasteiger partial charge in [0, 0.05) is 0 Å². The lowest BCUT2D eigenvalue weighted by Gasteiger charge is -2.15. The molecule has 1 nitrogen and oxygen atoms in total. The molecule has 1 heterocycles. The Kier molecular flexibility index (Phi) is 4.45. The van der Waals surface area contributed by atoms with E-state index in [1.807, 2.05) is 0 Å². The maximum Gasteiger partial charge on any atom is 0.0847 e. The van der Waals surface area contributed by atoms with Crippen LogP contribution in [0, 0.1) is 0 Å². The summed E-state index contributed by atoms with van der Waals surface area (Å²) in [5.74, 6) is 1.28. The van der Waals surface area contributed by atoms with Crippen LogP contribution in [-0.4, -0.2) is 12.2 Å². The van der Waals surface area contributed by atoms with Gasteiger partial charge in [-0.2, -0.15) is 0 Å². The molecule has 0 aromatic heterocycles. The van der Waals surface area contributed by atoms with Gasteiger partial charge in [-0.15, -0.1) is 0 Å². The van der Waals surface area contributed by atoms with Crippen molar-refractivity contribution < 1.29 is 4.74 Å². The average molecular weight is 246 g/mol. The summed E-state index contributed by atoms with van der Waals surface area (Å²) in [5, 5.41) is 0. The highest BCUT2D eigenvalue weighted by Crippen LogP contribution is 2.36. The fraction of sp³-hybridized carbons (Fsp3) is 0.647. The van der Waals surface area contributed by atoms with Gasteiger partial charge in [-0.05, 0) is 42.2 Å². The van der Waals surface area contributed by atoms with Crippen molar-refractivity contribution >= 4 is 0 Å². The standard InChI is InChI=1S/C17H26O/c1-5-13(11-17-16(6-2)18-17)15-9-7-14(8-10-15)12(3)4/h7-10,12-13,16-17H,5-6,11H2,1-4H3. The molecule has 3 unspecified atom stereocenters. The lowest BCUT2D eigenvalue weighted by Crippen LogP contribution is -2.04. The Morgan fingerprint density at radius 3 is 2.06 bits per heavy atom. The zero-order chi connectivity index (χ0) is 13.1. The number of epoxide rings is 1. The van der Waals surface area contributed by atoms with Crippen LogP contribution >= 0.6 is 0 Å². The Hall–Kier alpha value is -0.820. The minimum atomic E-state index is 0.518. The van der Waals surface area contributed by atoms with Crippen LogP contribution in [0.5, 0.6) is 0 Å². The van der Waals surface area contributed by atoms with E-state index in [1.54, 1.807) is 0 Å². The molecule has 1 aliphatic heterocycles. The summed E-state index contributed by atoms with van der Waals surface area (Å²) in [6.45, 7) is 8.99. The second kappa shape index (κ2) is 5.88. The number of hydrogen-bond acceptors (Lipinski definition) is 1. The summed E-state index contributed by atoms with van der Waals surface area (Å²) in [6.07, 6.45) is 4.61. The smallest absolute Gasteiger partial charge is 0.0847 e. The molecule has 1 fully saturated rings. The molecule has 18 heavy (non-hydrogen) atoms. The van der Waals surface area contributed by atoms with Crippen LogP contribution in [0.25, 0.3) is 0 Å². The minimum absolute atomic E-state index is 0.518. The monoisotopic (exact) mass is 246 g/mol. The van der Waals surface area contributed by atoms with Gasteiger partial charge < -0.3 is 4.74 Å². The lowest BCUT2D eigenvalue weighted by atomic mass is 9.89. The van der Waals surface area contributed by atoms with Crippen LogP contribution in [0.2, 0.25) is 0 Å². The van der Waals surface area contributed by atoms with Crippen molar-refractivity contribution in [2.75, 3.05) is 0 Å². The van der Waals surface area contributed by atoms with Crippen LogP contribution < -0.4 is 0 Å². The fourth-order valence-corrected chi connectivity index (χ4v) is 2.72. The Labute approximate surface area is 112 Å². The van der Waals surface area contributed by atoms with E-state index in [0.717, 1.165) is 6.42 Å². The van der Waals surface area contributed by atoms with Crippen molar-refractivity contribution in [1.29, 1.82) is 0 Å². The highest BCUT2D eigenvalue weighted by Gasteiger charge is 2.38. The van der Waals surface area contributed by atoms with E-state index in [-0.39, 0.29) is 0 Å². The summed E-state index contributed by atoms with van der Waals surface area (Å²) in [6, 6.07) is 9.20. The van der Waals surface area contributed by atoms with E-state index < -0.39 is 0 Å². The Bertz CT molecular complexity index is 366. The topological polar surface area (TPSA) is 12.5 Å². The molecule has 0 aliphatic carbocycles. The highest BCUT2D eigenvalue weighted by atomic mass is 16.6. The number of hydrogen-bond donors (Lipinski definition) is 0. The normalized spacial score (nSPS) is 24.3. The fourth-order valence-electron chi connectivity index (χ4n) is 2.72.